The van der Waals surface area contributed by atoms with E-state index in [1.54, 1.807) is 12.1 Å². The number of hydrogen-bond acceptors (Lipinski definition) is 10. The van der Waals surface area contributed by atoms with Gasteiger partial charge in [0, 0.05) is 19.2 Å². The van der Waals surface area contributed by atoms with Gasteiger partial charge in [-0.1, -0.05) is 5.10 Å². The summed E-state index contributed by atoms with van der Waals surface area (Å²) in [6.45, 7) is 0.131. The zero-order chi connectivity index (χ0) is 27.6. The Morgan fingerprint density at radius 1 is 1.08 bits per heavy atom. The summed E-state index contributed by atoms with van der Waals surface area (Å²) in [5.74, 6) is -1.34. The molecule has 3 aromatic rings. The Bertz CT molecular complexity index is 1320. The van der Waals surface area contributed by atoms with Gasteiger partial charge in [0.2, 0.25) is 5.88 Å². The molecular weight excluding hydrogens is 523 g/mol. The summed E-state index contributed by atoms with van der Waals surface area (Å²) in [6, 6.07) is 6.02. The maximum Gasteiger partial charge on any atom is 0.422 e. The number of carboxylic acid groups (broad SMARTS) is 1. The predicted molar refractivity (Wildman–Crippen MR) is 130 cm³/mol. The average molecular weight is 547 g/mol. The number of aromatic nitrogens is 4. The van der Waals surface area contributed by atoms with E-state index in [0.29, 0.717) is 11.4 Å². The second kappa shape index (κ2) is 10.4. The monoisotopic (exact) mass is 547 g/mol. The lowest BCUT2D eigenvalue weighted by atomic mass is 9.57. The fourth-order valence-corrected chi connectivity index (χ4v) is 4.79. The van der Waals surface area contributed by atoms with Crippen molar-refractivity contribution in [1.29, 1.82) is 0 Å². The molecule has 12 nitrogen and oxygen atoms in total. The number of ether oxygens (including phenoxy) is 1. The lowest BCUT2D eigenvalue weighted by Crippen LogP contribution is -2.49. The molecule has 1 saturated heterocycles. The highest BCUT2D eigenvalue weighted by atomic mass is 19.4. The highest BCUT2D eigenvalue weighted by Gasteiger charge is 2.48. The molecule has 0 radical (unpaired) electrons. The van der Waals surface area contributed by atoms with E-state index in [-0.39, 0.29) is 29.1 Å². The van der Waals surface area contributed by atoms with Crippen molar-refractivity contribution in [1.82, 2.24) is 20.2 Å². The number of nitrogens with one attached hydrogen (secondary N) is 2. The van der Waals surface area contributed by atoms with Gasteiger partial charge in [-0.15, -0.1) is 5.10 Å². The number of carbonyl (C=O) groups is 2. The summed E-state index contributed by atoms with van der Waals surface area (Å²) in [5.41, 5.74) is 0.884. The van der Waals surface area contributed by atoms with Gasteiger partial charge in [-0.3, -0.25) is 9.59 Å². The van der Waals surface area contributed by atoms with Crippen LogP contribution in [0.25, 0.3) is 0 Å². The second-order valence-electron chi connectivity index (χ2n) is 9.62. The van der Waals surface area contributed by atoms with Crippen molar-refractivity contribution in [3.63, 3.8) is 0 Å². The Labute approximate surface area is 219 Å². The molecule has 39 heavy (non-hydrogen) atoms. The number of rotatable bonds is 8. The van der Waals surface area contributed by atoms with Crippen LogP contribution in [0, 0.1) is 11.3 Å². The molecule has 2 aliphatic rings. The number of amides is 1. The van der Waals surface area contributed by atoms with Crippen LogP contribution in [0.3, 0.4) is 0 Å². The summed E-state index contributed by atoms with van der Waals surface area (Å²) < 4.78 is 46.5. The SMILES string of the molecule is O=C(Nc1ccc(N2CCC3(CC2)CC(C(=O)O)C3)nc1)c1nnc(Nc2ccc(OCC(F)(F)F)nc2)o1. The second-order valence-corrected chi connectivity index (χ2v) is 9.62. The molecule has 206 valence electrons. The fraction of sp³-hybridized carbons (Fsp3) is 0.417. The van der Waals surface area contributed by atoms with Crippen LogP contribution in [0.2, 0.25) is 0 Å². The Balaban J connectivity index is 1.10. The number of carbonyl (C=O) groups excluding carboxylic acids is 1. The third kappa shape index (κ3) is 6.35. The number of halogens is 3. The van der Waals surface area contributed by atoms with Gasteiger partial charge in [0.25, 0.3) is 0 Å². The molecule has 0 unspecified atom stereocenters. The van der Waals surface area contributed by atoms with E-state index in [1.165, 1.54) is 24.5 Å². The van der Waals surface area contributed by atoms with Crippen LogP contribution in [0.1, 0.15) is 36.4 Å². The predicted octanol–water partition coefficient (Wildman–Crippen LogP) is 3.88. The lowest BCUT2D eigenvalue weighted by Gasteiger charge is -2.51. The van der Waals surface area contributed by atoms with Crippen molar-refractivity contribution in [2.45, 2.75) is 31.9 Å². The number of carboxylic acids is 1. The Morgan fingerprint density at radius 2 is 1.79 bits per heavy atom. The Kier molecular flexibility index (Phi) is 6.97. The Hall–Kier alpha value is -4.43. The number of pyridine rings is 2. The van der Waals surface area contributed by atoms with E-state index in [4.69, 9.17) is 9.52 Å². The van der Waals surface area contributed by atoms with Crippen molar-refractivity contribution in [2.75, 3.05) is 35.2 Å². The minimum absolute atomic E-state index is 0.122. The van der Waals surface area contributed by atoms with Crippen LogP contribution in [0.4, 0.5) is 36.4 Å². The van der Waals surface area contributed by atoms with Crippen LogP contribution >= 0.6 is 0 Å². The molecule has 1 saturated carbocycles. The van der Waals surface area contributed by atoms with Gasteiger partial charge in [-0.05, 0) is 49.3 Å². The van der Waals surface area contributed by atoms with E-state index >= 15 is 0 Å². The van der Waals surface area contributed by atoms with Gasteiger partial charge in [0.1, 0.15) is 5.82 Å². The molecule has 0 aromatic carbocycles. The van der Waals surface area contributed by atoms with Gasteiger partial charge in [-0.25, -0.2) is 9.97 Å². The highest BCUT2D eigenvalue weighted by molar-refractivity contribution is 6.00. The normalized spacial score (nSPS) is 16.9. The van der Waals surface area contributed by atoms with Gasteiger partial charge in [-0.2, -0.15) is 13.2 Å². The number of piperidine rings is 1. The molecule has 0 atom stereocenters. The van der Waals surface area contributed by atoms with Gasteiger partial charge in [0.05, 0.1) is 29.7 Å². The summed E-state index contributed by atoms with van der Waals surface area (Å²) in [6.07, 6.45) is 1.60. The number of alkyl halides is 3. The molecule has 3 N–H and O–H groups in total. The van der Waals surface area contributed by atoms with E-state index in [0.717, 1.165) is 44.6 Å². The molecule has 1 amide bonds. The molecule has 15 heteroatoms. The standard InChI is InChI=1S/C24H24F3N7O5/c25-24(26,27)13-38-18-4-2-16(12-29-18)31-22-33-32-20(39-22)19(35)30-15-1-3-17(28-11-15)34-7-5-23(6-8-34)9-14(10-23)21(36)37/h1-4,11-12,14H,5-10,13H2,(H,30,35)(H,31,33)(H,36,37). The molecular formula is C24H24F3N7O5. The molecule has 1 aliphatic heterocycles. The molecule has 4 heterocycles. The van der Waals surface area contributed by atoms with Gasteiger partial charge < -0.3 is 29.8 Å². The maximum atomic E-state index is 12.5. The minimum Gasteiger partial charge on any atom is -0.481 e. The maximum absolute atomic E-state index is 12.5. The van der Waals surface area contributed by atoms with Gasteiger partial charge in [0.15, 0.2) is 6.61 Å². The third-order valence-electron chi connectivity index (χ3n) is 6.85. The molecule has 2 fully saturated rings. The molecule has 1 aliphatic carbocycles. The van der Waals surface area contributed by atoms with Crippen LogP contribution in [0.5, 0.6) is 5.88 Å². The number of aliphatic carboxylic acids is 1. The number of anilines is 4. The summed E-state index contributed by atoms with van der Waals surface area (Å²) in [4.78, 5) is 34.0. The van der Waals surface area contributed by atoms with E-state index in [1.807, 2.05) is 0 Å². The van der Waals surface area contributed by atoms with Crippen LogP contribution in [-0.2, 0) is 4.79 Å². The summed E-state index contributed by atoms with van der Waals surface area (Å²) in [5, 5.41) is 21.9. The summed E-state index contributed by atoms with van der Waals surface area (Å²) >= 11 is 0. The molecule has 0 bridgehead atoms. The van der Waals surface area contributed by atoms with Crippen LogP contribution < -0.4 is 20.3 Å². The van der Waals surface area contributed by atoms with Crippen molar-refractivity contribution in [2.24, 2.45) is 11.3 Å². The van der Waals surface area contributed by atoms with Crippen LogP contribution in [-0.4, -0.2) is 63.0 Å². The first-order valence-electron chi connectivity index (χ1n) is 12.1. The number of hydrogen-bond donors (Lipinski definition) is 3. The minimum atomic E-state index is -4.47. The zero-order valence-corrected chi connectivity index (χ0v) is 20.4. The fourth-order valence-electron chi connectivity index (χ4n) is 4.79. The lowest BCUT2D eigenvalue weighted by molar-refractivity contribution is -0.154. The first-order valence-corrected chi connectivity index (χ1v) is 12.1. The highest BCUT2D eigenvalue weighted by Crippen LogP contribution is 2.52. The van der Waals surface area contributed by atoms with Gasteiger partial charge >= 0.3 is 30.0 Å². The van der Waals surface area contributed by atoms with Crippen molar-refractivity contribution in [3.8, 4) is 5.88 Å². The Morgan fingerprint density at radius 3 is 2.41 bits per heavy atom. The van der Waals surface area contributed by atoms with Crippen molar-refractivity contribution in [3.05, 3.63) is 42.5 Å². The van der Waals surface area contributed by atoms with E-state index in [9.17, 15) is 22.8 Å². The largest absolute Gasteiger partial charge is 0.481 e. The quantitative estimate of drug-likeness (QED) is 0.376. The zero-order valence-electron chi connectivity index (χ0n) is 20.4. The van der Waals surface area contributed by atoms with Crippen molar-refractivity contribution < 1.29 is 37.0 Å². The first-order chi connectivity index (χ1) is 18.6. The molecule has 1 spiro atoms. The number of nitrogens with zero attached hydrogens (tertiary/aromatic N) is 5. The van der Waals surface area contributed by atoms with E-state index in [2.05, 4.69) is 40.4 Å². The topological polar surface area (TPSA) is 156 Å². The van der Waals surface area contributed by atoms with Crippen LogP contribution in [0.15, 0.2) is 41.1 Å². The third-order valence-corrected chi connectivity index (χ3v) is 6.85. The summed E-state index contributed by atoms with van der Waals surface area (Å²) in [7, 11) is 0. The molecule has 5 rings (SSSR count). The van der Waals surface area contributed by atoms with E-state index < -0.39 is 24.7 Å². The average Bonchev–Trinajstić information content (AvgIpc) is 3.35. The molecule has 3 aromatic heterocycles. The van der Waals surface area contributed by atoms with Crippen molar-refractivity contribution >= 4 is 35.1 Å². The smallest absolute Gasteiger partial charge is 0.422 e. The first kappa shape index (κ1) is 26.2.